The largest absolute Gasteiger partial charge is 0.480 e. The van der Waals surface area contributed by atoms with Gasteiger partial charge in [-0.25, -0.2) is 14.4 Å². The monoisotopic (exact) mass is 914 g/mol. The molecule has 2 rings (SSSR count). The molecule has 10 atom stereocenters. The van der Waals surface area contributed by atoms with Crippen LogP contribution in [0.5, 0.6) is 0 Å². The Balaban J connectivity index is 2.27. The van der Waals surface area contributed by atoms with Gasteiger partial charge in [-0.3, -0.25) is 43.3 Å². The van der Waals surface area contributed by atoms with Crippen molar-refractivity contribution in [2.45, 2.75) is 129 Å². The smallest absolute Gasteiger partial charge is 0.330 e. The predicted molar refractivity (Wildman–Crippen MR) is 223 cm³/mol. The molecule has 4 amide bonds. The standard InChI is InChI=1S/C38H62N10O16/c1-8-61-35(58)25(27(53)28-29(62-19(6)49)30(63-20(7)50)33(64-28)48-16-12-22(51)45-38(48)60)41-14-10-15-42-32(55)24(26(52)18(4)5)46-31(54)21(11-9-13-43-36(39)40)44-37(59)47-23(17(2)3)34(56)57/h12,16-18,21,23-30,33,41,52-53H,8-11,13-15H2,1-7H3,(H,42,55)(H,46,54)(H,56,57)(H4,39,40,43)(H2,44,47,59)(H,45,51,60). The number of aromatic amines is 1. The van der Waals surface area contributed by atoms with Crippen molar-refractivity contribution in [2.24, 2.45) is 28.3 Å². The van der Waals surface area contributed by atoms with Crippen molar-refractivity contribution >= 4 is 47.7 Å². The van der Waals surface area contributed by atoms with E-state index in [1.807, 2.05) is 4.98 Å². The minimum absolute atomic E-state index is 0.0485. The number of H-pyrrole nitrogens is 1. The summed E-state index contributed by atoms with van der Waals surface area (Å²) in [5.41, 5.74) is 9.01. The maximum Gasteiger partial charge on any atom is 0.330 e. The Kier molecular flexibility index (Phi) is 21.8. The summed E-state index contributed by atoms with van der Waals surface area (Å²) < 4.78 is 22.7. The van der Waals surface area contributed by atoms with Gasteiger partial charge in [-0.2, -0.15) is 0 Å². The molecule has 26 nitrogen and oxygen atoms in total. The normalized spacial score (nSPS) is 19.8. The van der Waals surface area contributed by atoms with E-state index in [9.17, 15) is 58.5 Å². The fourth-order valence-electron chi connectivity index (χ4n) is 6.44. The number of nitrogens with two attached hydrogens (primary N) is 2. The zero-order valence-corrected chi connectivity index (χ0v) is 36.7. The number of esters is 3. The molecule has 1 aromatic rings. The Morgan fingerprint density at radius 2 is 1.52 bits per heavy atom. The van der Waals surface area contributed by atoms with Crippen LogP contribution < -0.4 is 49.3 Å². The number of amides is 4. The number of hydrogen-bond donors (Lipinski definition) is 11. The average molecular weight is 915 g/mol. The Hall–Kier alpha value is -6.12. The Bertz CT molecular complexity index is 1920. The molecule has 0 aliphatic carbocycles. The highest BCUT2D eigenvalue weighted by Gasteiger charge is 2.55. The summed E-state index contributed by atoms with van der Waals surface area (Å²) in [4.78, 5) is 120. The molecule has 0 bridgehead atoms. The number of urea groups is 1. The fourth-order valence-corrected chi connectivity index (χ4v) is 6.44. The number of aliphatic imine (C=N–C) groups is 1. The van der Waals surface area contributed by atoms with E-state index in [0.717, 1.165) is 30.7 Å². The number of aromatic nitrogens is 2. The number of ether oxygens (including phenoxy) is 4. The van der Waals surface area contributed by atoms with Crippen molar-refractivity contribution in [3.63, 3.8) is 0 Å². The molecular formula is C38H62N10O16. The van der Waals surface area contributed by atoms with E-state index < -0.39 is 126 Å². The van der Waals surface area contributed by atoms with Gasteiger partial charge in [0.25, 0.3) is 5.56 Å². The van der Waals surface area contributed by atoms with Crippen molar-refractivity contribution in [1.82, 2.24) is 36.1 Å². The van der Waals surface area contributed by atoms with Crippen molar-refractivity contribution in [3.8, 4) is 0 Å². The van der Waals surface area contributed by atoms with Crippen LogP contribution in [0.25, 0.3) is 0 Å². The van der Waals surface area contributed by atoms with E-state index >= 15 is 0 Å². The summed E-state index contributed by atoms with van der Waals surface area (Å²) in [6.45, 7) is 9.57. The molecule has 1 aliphatic rings. The van der Waals surface area contributed by atoms with E-state index in [4.69, 9.17) is 30.4 Å². The molecule has 1 aromatic heterocycles. The molecule has 1 fully saturated rings. The highest BCUT2D eigenvalue weighted by molar-refractivity contribution is 5.93. The number of aliphatic hydroxyl groups excluding tert-OH is 2. The summed E-state index contributed by atoms with van der Waals surface area (Å²) >= 11 is 0. The van der Waals surface area contributed by atoms with Gasteiger partial charge in [-0.1, -0.05) is 27.7 Å². The van der Waals surface area contributed by atoms with Crippen LogP contribution in [0.2, 0.25) is 0 Å². The Morgan fingerprint density at radius 1 is 0.875 bits per heavy atom. The SMILES string of the molecule is CCOC(=O)C(NCCCNC(=O)C(NC(=O)C(CCCN=C(N)N)NC(=O)NC(C(=O)O)C(C)C)C(O)C(C)C)C(O)C1OC(n2ccc(=O)[nH]c2=O)C(OC(C)=O)C1OC(C)=O. The van der Waals surface area contributed by atoms with Gasteiger partial charge >= 0.3 is 35.6 Å². The molecule has 0 radical (unpaired) electrons. The third kappa shape index (κ3) is 16.5. The van der Waals surface area contributed by atoms with E-state index in [1.54, 1.807) is 27.7 Å². The number of guanidine groups is 1. The van der Waals surface area contributed by atoms with Crippen LogP contribution in [0.4, 0.5) is 4.79 Å². The van der Waals surface area contributed by atoms with Gasteiger partial charge < -0.3 is 72.3 Å². The molecule has 26 heteroatoms. The molecule has 1 aliphatic heterocycles. The van der Waals surface area contributed by atoms with Crippen LogP contribution in [-0.2, 0) is 47.7 Å². The number of nitrogens with zero attached hydrogens (tertiary/aromatic N) is 2. The lowest BCUT2D eigenvalue weighted by atomic mass is 9.98. The molecule has 13 N–H and O–H groups in total. The van der Waals surface area contributed by atoms with Gasteiger partial charge in [-0.05, 0) is 44.6 Å². The van der Waals surface area contributed by atoms with Gasteiger partial charge in [-0.15, -0.1) is 0 Å². The summed E-state index contributed by atoms with van der Waals surface area (Å²) in [5.74, 6) is -7.11. The lowest BCUT2D eigenvalue weighted by molar-refractivity contribution is -0.168. The zero-order chi connectivity index (χ0) is 48.4. The highest BCUT2D eigenvalue weighted by atomic mass is 16.6. The Labute approximate surface area is 367 Å². The van der Waals surface area contributed by atoms with Gasteiger partial charge in [0.05, 0.1) is 12.7 Å². The zero-order valence-electron chi connectivity index (χ0n) is 36.7. The molecule has 64 heavy (non-hydrogen) atoms. The van der Waals surface area contributed by atoms with Crippen molar-refractivity contribution in [2.75, 3.05) is 26.2 Å². The van der Waals surface area contributed by atoms with Crippen LogP contribution in [0.15, 0.2) is 26.8 Å². The maximum absolute atomic E-state index is 13.6. The van der Waals surface area contributed by atoms with Crippen LogP contribution >= 0.6 is 0 Å². The number of carbonyl (C=O) groups is 7. The summed E-state index contributed by atoms with van der Waals surface area (Å²) in [6.07, 6.45) is -8.53. The molecule has 360 valence electrons. The first-order valence-electron chi connectivity index (χ1n) is 20.5. The molecular weight excluding hydrogens is 852 g/mol. The number of hydrogen-bond acceptors (Lipinski definition) is 17. The lowest BCUT2D eigenvalue weighted by Crippen LogP contribution is -2.60. The second-order valence-electron chi connectivity index (χ2n) is 15.4. The summed E-state index contributed by atoms with van der Waals surface area (Å²) in [5, 5.41) is 44.7. The predicted octanol–water partition coefficient (Wildman–Crippen LogP) is -3.98. The number of carbonyl (C=O) groups excluding carboxylic acids is 6. The number of aliphatic hydroxyl groups is 2. The third-order valence-corrected chi connectivity index (χ3v) is 9.58. The van der Waals surface area contributed by atoms with Crippen molar-refractivity contribution < 1.29 is 67.8 Å². The minimum atomic E-state index is -1.91. The van der Waals surface area contributed by atoms with E-state index in [2.05, 4.69) is 31.6 Å². The van der Waals surface area contributed by atoms with Crippen LogP contribution in [0.3, 0.4) is 0 Å². The van der Waals surface area contributed by atoms with Gasteiger partial charge in [0.1, 0.15) is 36.4 Å². The third-order valence-electron chi connectivity index (χ3n) is 9.58. The van der Waals surface area contributed by atoms with E-state index in [1.165, 1.54) is 6.92 Å². The van der Waals surface area contributed by atoms with Crippen LogP contribution in [0.1, 0.15) is 74.0 Å². The van der Waals surface area contributed by atoms with E-state index in [0.29, 0.717) is 0 Å². The fraction of sp³-hybridized carbons (Fsp3) is 0.684. The molecule has 0 saturated carbocycles. The summed E-state index contributed by atoms with van der Waals surface area (Å²) in [6, 6.07) is -5.82. The molecule has 0 aromatic carbocycles. The average Bonchev–Trinajstić information content (AvgIpc) is 3.52. The summed E-state index contributed by atoms with van der Waals surface area (Å²) in [7, 11) is 0. The number of aliphatic carboxylic acids is 1. The van der Waals surface area contributed by atoms with Crippen molar-refractivity contribution in [1.29, 1.82) is 0 Å². The molecule has 10 unspecified atom stereocenters. The lowest BCUT2D eigenvalue weighted by Gasteiger charge is -2.30. The first-order valence-corrected chi connectivity index (χ1v) is 20.5. The Morgan fingerprint density at radius 3 is 2.06 bits per heavy atom. The molecule has 1 saturated heterocycles. The first-order chi connectivity index (χ1) is 30.0. The quantitative estimate of drug-likeness (QED) is 0.0146. The van der Waals surface area contributed by atoms with Gasteiger partial charge in [0.15, 0.2) is 24.4 Å². The van der Waals surface area contributed by atoms with Gasteiger partial charge in [0.2, 0.25) is 11.8 Å². The second kappa shape index (κ2) is 25.9. The molecule has 0 spiro atoms. The second-order valence-corrected chi connectivity index (χ2v) is 15.4. The van der Waals surface area contributed by atoms with Crippen molar-refractivity contribution in [3.05, 3.63) is 33.1 Å². The van der Waals surface area contributed by atoms with Gasteiger partial charge in [0, 0.05) is 39.2 Å². The highest BCUT2D eigenvalue weighted by Crippen LogP contribution is 2.35. The van der Waals surface area contributed by atoms with Crippen LogP contribution in [-0.4, -0.2) is 153 Å². The first kappa shape index (κ1) is 54.0. The van der Waals surface area contributed by atoms with E-state index in [-0.39, 0.29) is 51.5 Å². The number of carboxylic acid groups (broad SMARTS) is 1. The minimum Gasteiger partial charge on any atom is -0.480 e. The number of nitrogens with one attached hydrogen (secondary N) is 6. The maximum atomic E-state index is 13.6. The molecule has 2 heterocycles. The number of carboxylic acids is 1. The topological polar surface area (TPSA) is 397 Å². The number of rotatable bonds is 25. The van der Waals surface area contributed by atoms with Crippen LogP contribution in [0, 0.1) is 11.8 Å².